The molecule has 0 saturated heterocycles. The number of benzene rings is 2. The zero-order valence-electron chi connectivity index (χ0n) is 10.2. The van der Waals surface area contributed by atoms with Gasteiger partial charge in [0.2, 0.25) is 11.6 Å². The Hall–Kier alpha value is -2.49. The van der Waals surface area contributed by atoms with Gasteiger partial charge in [-0.2, -0.15) is 0 Å². The number of para-hydroxylation sites is 1. The van der Waals surface area contributed by atoms with Gasteiger partial charge in [-0.25, -0.2) is 4.39 Å². The molecule has 0 aromatic heterocycles. The van der Waals surface area contributed by atoms with E-state index in [2.05, 4.69) is 0 Å². The standard InChI is InChI=1S/C15H11FO3/c1-19-13-9-5-3-7-11(13)15(18)14(17)10-6-2-4-8-12(10)16/h2-9H,1H3. The second-order valence-corrected chi connectivity index (χ2v) is 3.84. The second kappa shape index (κ2) is 5.44. The van der Waals surface area contributed by atoms with Crippen LogP contribution in [-0.4, -0.2) is 18.7 Å². The van der Waals surface area contributed by atoms with E-state index in [1.54, 1.807) is 18.2 Å². The maximum Gasteiger partial charge on any atom is 0.237 e. The molecule has 0 N–H and O–H groups in total. The van der Waals surface area contributed by atoms with E-state index in [0.717, 1.165) is 6.07 Å². The number of methoxy groups -OCH3 is 1. The molecule has 0 atom stereocenters. The summed E-state index contributed by atoms with van der Waals surface area (Å²) >= 11 is 0. The van der Waals surface area contributed by atoms with E-state index in [4.69, 9.17) is 4.74 Å². The van der Waals surface area contributed by atoms with Crippen molar-refractivity contribution in [1.82, 2.24) is 0 Å². The van der Waals surface area contributed by atoms with Gasteiger partial charge in [0.15, 0.2) is 0 Å². The molecule has 0 aliphatic rings. The minimum Gasteiger partial charge on any atom is -0.496 e. The smallest absolute Gasteiger partial charge is 0.237 e. The summed E-state index contributed by atoms with van der Waals surface area (Å²) in [5.41, 5.74) is -0.114. The summed E-state index contributed by atoms with van der Waals surface area (Å²) in [4.78, 5) is 24.1. The molecule has 4 heteroatoms. The molecule has 0 aliphatic heterocycles. The number of carbonyl (C=O) groups excluding carboxylic acids is 2. The molecule has 0 spiro atoms. The number of ketones is 2. The minimum atomic E-state index is -0.886. The minimum absolute atomic E-state index is 0.123. The quantitative estimate of drug-likeness (QED) is 0.625. The molecule has 96 valence electrons. The van der Waals surface area contributed by atoms with Crippen molar-refractivity contribution >= 4 is 11.6 Å². The van der Waals surface area contributed by atoms with Crippen molar-refractivity contribution in [3.63, 3.8) is 0 Å². The Morgan fingerprint density at radius 1 is 0.895 bits per heavy atom. The van der Waals surface area contributed by atoms with Crippen LogP contribution in [0.2, 0.25) is 0 Å². The fourth-order valence-corrected chi connectivity index (χ4v) is 1.72. The number of carbonyl (C=O) groups is 2. The first-order valence-corrected chi connectivity index (χ1v) is 5.61. The monoisotopic (exact) mass is 258 g/mol. The summed E-state index contributed by atoms with van der Waals surface area (Å²) < 4.78 is 18.5. The zero-order chi connectivity index (χ0) is 13.8. The lowest BCUT2D eigenvalue weighted by atomic mass is 10.0. The summed E-state index contributed by atoms with van der Waals surface area (Å²) in [6, 6.07) is 11.7. The van der Waals surface area contributed by atoms with E-state index in [0.29, 0.717) is 0 Å². The highest BCUT2D eigenvalue weighted by Gasteiger charge is 2.23. The summed E-state index contributed by atoms with van der Waals surface area (Å²) in [6.07, 6.45) is 0. The van der Waals surface area contributed by atoms with Crippen molar-refractivity contribution in [3.05, 3.63) is 65.5 Å². The molecule has 2 aromatic carbocycles. The maximum atomic E-state index is 13.5. The van der Waals surface area contributed by atoms with E-state index in [9.17, 15) is 14.0 Å². The van der Waals surface area contributed by atoms with Gasteiger partial charge in [-0.05, 0) is 24.3 Å². The Balaban J connectivity index is 2.40. The first kappa shape index (κ1) is 13.0. The lowest BCUT2D eigenvalue weighted by Crippen LogP contribution is -2.16. The number of halogens is 1. The number of Topliss-reactive ketones (excluding diaryl/α,β-unsaturated/α-hetero) is 2. The van der Waals surface area contributed by atoms with Crippen LogP contribution < -0.4 is 4.74 Å². The highest BCUT2D eigenvalue weighted by atomic mass is 19.1. The second-order valence-electron chi connectivity index (χ2n) is 3.84. The van der Waals surface area contributed by atoms with Crippen LogP contribution in [0.15, 0.2) is 48.5 Å². The highest BCUT2D eigenvalue weighted by molar-refractivity contribution is 6.49. The van der Waals surface area contributed by atoms with Crippen LogP contribution in [0.25, 0.3) is 0 Å². The van der Waals surface area contributed by atoms with Crippen molar-refractivity contribution in [2.75, 3.05) is 7.11 Å². The van der Waals surface area contributed by atoms with Crippen LogP contribution in [0.5, 0.6) is 5.75 Å². The molecule has 0 unspecified atom stereocenters. The first-order valence-electron chi connectivity index (χ1n) is 5.61. The van der Waals surface area contributed by atoms with E-state index in [1.807, 2.05) is 0 Å². The molecule has 0 aliphatic carbocycles. The van der Waals surface area contributed by atoms with Gasteiger partial charge in [-0.1, -0.05) is 24.3 Å². The van der Waals surface area contributed by atoms with Gasteiger partial charge in [-0.15, -0.1) is 0 Å². The molecular formula is C15H11FO3. The van der Waals surface area contributed by atoms with Crippen LogP contribution in [0.4, 0.5) is 4.39 Å². The molecule has 0 saturated carbocycles. The van der Waals surface area contributed by atoms with Crippen molar-refractivity contribution in [2.24, 2.45) is 0 Å². The zero-order valence-corrected chi connectivity index (χ0v) is 10.2. The first-order chi connectivity index (χ1) is 9.15. The molecule has 19 heavy (non-hydrogen) atoms. The molecule has 0 fully saturated rings. The Bertz CT molecular complexity index is 635. The van der Waals surface area contributed by atoms with Gasteiger partial charge in [0.25, 0.3) is 0 Å². The SMILES string of the molecule is COc1ccccc1C(=O)C(=O)c1ccccc1F. The van der Waals surface area contributed by atoms with Gasteiger partial charge in [0.05, 0.1) is 18.2 Å². The van der Waals surface area contributed by atoms with Crippen LogP contribution >= 0.6 is 0 Å². The van der Waals surface area contributed by atoms with E-state index < -0.39 is 17.4 Å². The van der Waals surface area contributed by atoms with Gasteiger partial charge in [0, 0.05) is 0 Å². The van der Waals surface area contributed by atoms with Crippen LogP contribution in [-0.2, 0) is 0 Å². The highest BCUT2D eigenvalue weighted by Crippen LogP contribution is 2.20. The number of hydrogen-bond donors (Lipinski definition) is 0. The topological polar surface area (TPSA) is 43.4 Å². The van der Waals surface area contributed by atoms with Gasteiger partial charge >= 0.3 is 0 Å². The molecular weight excluding hydrogens is 247 g/mol. The van der Waals surface area contributed by atoms with Crippen LogP contribution in [0.3, 0.4) is 0 Å². The molecule has 0 radical (unpaired) electrons. The van der Waals surface area contributed by atoms with Crippen molar-refractivity contribution < 1.29 is 18.7 Å². The fraction of sp³-hybridized carbons (Fsp3) is 0.0667. The molecule has 2 rings (SSSR count). The van der Waals surface area contributed by atoms with E-state index in [1.165, 1.54) is 31.4 Å². The Kier molecular flexibility index (Phi) is 3.71. The third kappa shape index (κ3) is 2.52. The maximum absolute atomic E-state index is 13.5. The molecule has 2 aromatic rings. The number of hydrogen-bond acceptors (Lipinski definition) is 3. The van der Waals surface area contributed by atoms with Gasteiger partial charge in [0.1, 0.15) is 11.6 Å². The summed E-state index contributed by atoms with van der Waals surface area (Å²) in [6.45, 7) is 0. The Labute approximate surface area is 109 Å². The predicted octanol–water partition coefficient (Wildman–Crippen LogP) is 2.90. The average molecular weight is 258 g/mol. The Morgan fingerprint density at radius 3 is 2.05 bits per heavy atom. The Morgan fingerprint density at radius 2 is 1.42 bits per heavy atom. The van der Waals surface area contributed by atoms with Crippen molar-refractivity contribution in [1.29, 1.82) is 0 Å². The molecule has 0 bridgehead atoms. The normalized spacial score (nSPS) is 10.0. The average Bonchev–Trinajstić information content (AvgIpc) is 2.46. The van der Waals surface area contributed by atoms with Gasteiger partial charge in [-0.3, -0.25) is 9.59 Å². The number of ether oxygens (including phenoxy) is 1. The van der Waals surface area contributed by atoms with E-state index in [-0.39, 0.29) is 16.9 Å². The largest absolute Gasteiger partial charge is 0.496 e. The number of rotatable bonds is 4. The molecule has 3 nitrogen and oxygen atoms in total. The third-order valence-corrected chi connectivity index (χ3v) is 2.68. The lowest BCUT2D eigenvalue weighted by Gasteiger charge is -2.06. The predicted molar refractivity (Wildman–Crippen MR) is 68.1 cm³/mol. The van der Waals surface area contributed by atoms with Crippen LogP contribution in [0, 0.1) is 5.82 Å². The van der Waals surface area contributed by atoms with Crippen molar-refractivity contribution in [3.8, 4) is 5.75 Å². The lowest BCUT2D eigenvalue weighted by molar-refractivity contribution is 0.0812. The van der Waals surface area contributed by atoms with Crippen LogP contribution in [0.1, 0.15) is 20.7 Å². The third-order valence-electron chi connectivity index (χ3n) is 2.68. The molecule has 0 heterocycles. The summed E-state index contributed by atoms with van der Waals surface area (Å²) in [5.74, 6) is -2.10. The van der Waals surface area contributed by atoms with E-state index >= 15 is 0 Å². The summed E-state index contributed by atoms with van der Waals surface area (Å²) in [7, 11) is 1.40. The van der Waals surface area contributed by atoms with Gasteiger partial charge < -0.3 is 4.74 Å². The van der Waals surface area contributed by atoms with Crippen molar-refractivity contribution in [2.45, 2.75) is 0 Å². The summed E-state index contributed by atoms with van der Waals surface area (Å²) in [5, 5.41) is 0. The fourth-order valence-electron chi connectivity index (χ4n) is 1.72. The molecule has 0 amide bonds.